The van der Waals surface area contributed by atoms with E-state index in [-0.39, 0.29) is 49.9 Å². The summed E-state index contributed by atoms with van der Waals surface area (Å²) in [5.74, 6) is -1.61. The van der Waals surface area contributed by atoms with Gasteiger partial charge in [0.1, 0.15) is 11.6 Å². The average Bonchev–Trinajstić information content (AvgIpc) is 3.75. The lowest BCUT2D eigenvalue weighted by Crippen LogP contribution is -2.55. The van der Waals surface area contributed by atoms with E-state index in [1.165, 1.54) is 6.33 Å². The molecule has 1 aliphatic carbocycles. The molecule has 1 unspecified atom stereocenters. The summed E-state index contributed by atoms with van der Waals surface area (Å²) in [7, 11) is -3.39. The molecule has 0 bridgehead atoms. The van der Waals surface area contributed by atoms with Crippen LogP contribution in [0.1, 0.15) is 116 Å². The number of piperidine rings is 1. The minimum atomic E-state index is -3.39. The molecule has 1 saturated heterocycles. The van der Waals surface area contributed by atoms with Gasteiger partial charge >= 0.3 is 6.09 Å². The van der Waals surface area contributed by atoms with Crippen LogP contribution in [0.4, 0.5) is 4.79 Å². The van der Waals surface area contributed by atoms with Crippen LogP contribution in [-0.4, -0.2) is 107 Å². The van der Waals surface area contributed by atoms with Crippen molar-refractivity contribution in [1.29, 1.82) is 0 Å². The summed E-state index contributed by atoms with van der Waals surface area (Å²) in [6.45, 7) is 8.20. The number of aliphatic hydroxyl groups excluding tert-OH is 1. The average molecular weight is 880 g/mol. The third kappa shape index (κ3) is 15.7. The summed E-state index contributed by atoms with van der Waals surface area (Å²) >= 11 is 0. The highest BCUT2D eigenvalue weighted by atomic mass is 32.2. The van der Waals surface area contributed by atoms with Gasteiger partial charge in [-0.3, -0.25) is 14.4 Å². The van der Waals surface area contributed by atoms with Gasteiger partial charge in [-0.1, -0.05) is 81.5 Å². The number of rotatable bonds is 21. The normalized spacial score (nSPS) is 17.5. The molecule has 16 heteroatoms. The summed E-state index contributed by atoms with van der Waals surface area (Å²) in [5.41, 5.74) is 0.826. The standard InChI is InChI=1S/C46H69N7O8S/c1-5-25-62(59,60)49-22-12-19-41(54)39(26-32-13-7-6-8-14-32)51-44(57)40(29-37-30-47-31-48-37)52-43(56)35(27-34-17-11-16-33-15-9-10-18-38(33)34)28-42(55)53-23-20-36(21-24-53)50-45(58)61-46(2,3)4/h9-11,15-18,30-32,35-36,39-41,49,54H,5-8,12-14,19-29H2,1-4H3,(H,47,48)(H,50,58)(H,51,57)(H,52,56)/t35?,39-,40-,41-/m0/s1. The zero-order valence-electron chi connectivity index (χ0n) is 37.0. The number of hydrogen-bond donors (Lipinski definition) is 6. The van der Waals surface area contributed by atoms with Gasteiger partial charge in [0.05, 0.1) is 35.8 Å². The maximum Gasteiger partial charge on any atom is 0.407 e. The van der Waals surface area contributed by atoms with Gasteiger partial charge in [0.25, 0.3) is 0 Å². The number of carbonyl (C=O) groups is 4. The number of hydrogen-bond acceptors (Lipinski definition) is 9. The highest BCUT2D eigenvalue weighted by molar-refractivity contribution is 7.89. The minimum Gasteiger partial charge on any atom is -0.444 e. The molecule has 6 N–H and O–H groups in total. The van der Waals surface area contributed by atoms with Gasteiger partial charge in [0.2, 0.25) is 27.7 Å². The second-order valence-electron chi connectivity index (χ2n) is 18.1. The molecule has 62 heavy (non-hydrogen) atoms. The van der Waals surface area contributed by atoms with E-state index in [4.69, 9.17) is 4.74 Å². The van der Waals surface area contributed by atoms with Gasteiger partial charge in [-0.25, -0.2) is 22.9 Å². The molecule has 1 saturated carbocycles. The van der Waals surface area contributed by atoms with Crippen LogP contribution in [0.15, 0.2) is 55.0 Å². The monoisotopic (exact) mass is 879 g/mol. The molecule has 4 amide bonds. The molecule has 4 atom stereocenters. The Morgan fingerprint density at radius 1 is 0.952 bits per heavy atom. The number of carbonyl (C=O) groups excluding carboxylic acids is 4. The summed E-state index contributed by atoms with van der Waals surface area (Å²) in [6.07, 6.45) is 10.0. The Hall–Kier alpha value is -4.54. The number of amides is 4. The highest BCUT2D eigenvalue weighted by Crippen LogP contribution is 2.29. The maximum absolute atomic E-state index is 14.6. The molecule has 2 fully saturated rings. The summed E-state index contributed by atoms with van der Waals surface area (Å²) in [4.78, 5) is 64.5. The van der Waals surface area contributed by atoms with Crippen LogP contribution >= 0.6 is 0 Å². The van der Waals surface area contributed by atoms with Crippen molar-refractivity contribution in [2.75, 3.05) is 25.4 Å². The lowest BCUT2D eigenvalue weighted by molar-refractivity contribution is -0.138. The fourth-order valence-corrected chi connectivity index (χ4v) is 9.79. The van der Waals surface area contributed by atoms with E-state index < -0.39 is 57.6 Å². The van der Waals surface area contributed by atoms with Crippen LogP contribution in [0.25, 0.3) is 10.8 Å². The van der Waals surface area contributed by atoms with Crippen molar-refractivity contribution >= 4 is 44.6 Å². The number of alkyl carbamates (subject to hydrolysis) is 1. The number of sulfonamides is 1. The smallest absolute Gasteiger partial charge is 0.407 e. The van der Waals surface area contributed by atoms with E-state index in [1.807, 2.05) is 42.5 Å². The Kier molecular flexibility index (Phi) is 18.2. The topological polar surface area (TPSA) is 212 Å². The van der Waals surface area contributed by atoms with Crippen molar-refractivity contribution in [3.05, 3.63) is 66.2 Å². The first kappa shape index (κ1) is 48.5. The Bertz CT molecular complexity index is 2000. The molecule has 0 radical (unpaired) electrons. The number of aliphatic hydroxyl groups is 1. The molecule has 0 spiro atoms. The molecule has 2 heterocycles. The quantitative estimate of drug-likeness (QED) is 0.0768. The van der Waals surface area contributed by atoms with Crippen molar-refractivity contribution in [2.45, 2.75) is 147 Å². The number of likely N-dealkylation sites (tertiary alicyclic amines) is 1. The second kappa shape index (κ2) is 23.2. The van der Waals surface area contributed by atoms with Gasteiger partial charge in [0.15, 0.2) is 0 Å². The number of nitrogens with one attached hydrogen (secondary N) is 5. The van der Waals surface area contributed by atoms with Crippen molar-refractivity contribution in [2.24, 2.45) is 11.8 Å². The first-order valence-electron chi connectivity index (χ1n) is 22.6. The second-order valence-corrected chi connectivity index (χ2v) is 20.1. The Labute approximate surface area is 367 Å². The Morgan fingerprint density at radius 2 is 1.68 bits per heavy atom. The van der Waals surface area contributed by atoms with E-state index in [0.29, 0.717) is 56.8 Å². The Morgan fingerprint density at radius 3 is 2.37 bits per heavy atom. The molecule has 342 valence electrons. The fraction of sp³-hybridized carbons (Fsp3) is 0.630. The summed E-state index contributed by atoms with van der Waals surface area (Å²) in [5, 5.41) is 22.5. The maximum atomic E-state index is 14.6. The van der Waals surface area contributed by atoms with E-state index >= 15 is 0 Å². The molecule has 5 rings (SSSR count). The van der Waals surface area contributed by atoms with Gasteiger partial charge in [0, 0.05) is 44.7 Å². The minimum absolute atomic E-state index is 0.0315. The first-order valence-corrected chi connectivity index (χ1v) is 24.2. The zero-order chi connectivity index (χ0) is 44.7. The molecule has 1 aliphatic heterocycles. The molecule has 2 aromatic carbocycles. The van der Waals surface area contributed by atoms with Crippen molar-refractivity contribution < 1.29 is 37.4 Å². The third-order valence-electron chi connectivity index (χ3n) is 11.9. The van der Waals surface area contributed by atoms with Crippen molar-refractivity contribution in [3.8, 4) is 0 Å². The van der Waals surface area contributed by atoms with E-state index in [0.717, 1.165) is 48.4 Å². The molecular formula is C46H69N7O8S. The summed E-state index contributed by atoms with van der Waals surface area (Å²) in [6, 6.07) is 11.9. The zero-order valence-corrected chi connectivity index (χ0v) is 37.8. The van der Waals surface area contributed by atoms with Gasteiger partial charge in [-0.2, -0.15) is 0 Å². The van der Waals surface area contributed by atoms with E-state index in [9.17, 15) is 32.7 Å². The van der Waals surface area contributed by atoms with Gasteiger partial charge in [-0.05, 0) is 88.0 Å². The predicted octanol–water partition coefficient (Wildman–Crippen LogP) is 5.28. The molecule has 2 aliphatic rings. The predicted molar refractivity (Wildman–Crippen MR) is 239 cm³/mol. The van der Waals surface area contributed by atoms with Crippen molar-refractivity contribution in [1.82, 2.24) is 35.5 Å². The van der Waals surface area contributed by atoms with E-state index in [1.54, 1.807) is 38.8 Å². The molecule has 15 nitrogen and oxygen atoms in total. The van der Waals surface area contributed by atoms with Crippen LogP contribution in [-0.2, 0) is 42.0 Å². The highest BCUT2D eigenvalue weighted by Gasteiger charge is 2.34. The number of imidazole rings is 1. The number of benzene rings is 2. The largest absolute Gasteiger partial charge is 0.444 e. The van der Waals surface area contributed by atoms with Crippen LogP contribution in [0.2, 0.25) is 0 Å². The van der Waals surface area contributed by atoms with Crippen LogP contribution in [0.3, 0.4) is 0 Å². The number of ether oxygens (including phenoxy) is 1. The lowest BCUT2D eigenvalue weighted by Gasteiger charge is -2.34. The number of aromatic nitrogens is 2. The first-order chi connectivity index (χ1) is 29.6. The lowest BCUT2D eigenvalue weighted by atomic mass is 9.83. The van der Waals surface area contributed by atoms with Crippen molar-refractivity contribution in [3.63, 3.8) is 0 Å². The van der Waals surface area contributed by atoms with Crippen LogP contribution < -0.4 is 20.7 Å². The van der Waals surface area contributed by atoms with Gasteiger partial charge < -0.3 is 35.7 Å². The number of fused-ring (bicyclic) bond motifs is 1. The van der Waals surface area contributed by atoms with Crippen LogP contribution in [0, 0.1) is 11.8 Å². The summed E-state index contributed by atoms with van der Waals surface area (Å²) < 4.78 is 32.5. The molecular weight excluding hydrogens is 811 g/mol. The SMILES string of the molecule is CCCS(=O)(=O)NCCC[C@H](O)[C@H](CC1CCCCC1)NC(=O)[C@H](Cc1c[nH]cn1)NC(=O)C(CC(=O)N1CCC(NC(=O)OC(C)(C)C)CC1)Cc1cccc2ccccc12. The number of nitrogens with zero attached hydrogens (tertiary/aromatic N) is 2. The third-order valence-corrected chi connectivity index (χ3v) is 13.5. The van der Waals surface area contributed by atoms with Gasteiger partial charge in [-0.15, -0.1) is 0 Å². The number of H-pyrrole nitrogens is 1. The Balaban J connectivity index is 1.33. The molecule has 3 aromatic rings. The molecule has 1 aromatic heterocycles. The number of aromatic amines is 1. The van der Waals surface area contributed by atoms with E-state index in [2.05, 4.69) is 30.6 Å². The van der Waals surface area contributed by atoms with Crippen LogP contribution in [0.5, 0.6) is 0 Å². The fourth-order valence-electron chi connectivity index (χ4n) is 8.65.